The molecule has 2 nitrogen and oxygen atoms in total. The standard InChI is InChI=1S/C32H19NO/c1-33-29-19-8-4-13-23(29)24-14-10-18-28-31(24)34-30-20-9-7-17-27(30)32(28)25-15-5-2-11-21(25)22-12-3-6-16-26(22)32/h2-20H. The monoisotopic (exact) mass is 433 g/mol. The minimum absolute atomic E-state index is 0.486. The van der Waals surface area contributed by atoms with Crippen molar-refractivity contribution in [1.29, 1.82) is 0 Å². The molecule has 1 aliphatic carbocycles. The zero-order chi connectivity index (χ0) is 22.7. The first kappa shape index (κ1) is 18.9. The van der Waals surface area contributed by atoms with Gasteiger partial charge in [-0.2, -0.15) is 0 Å². The molecule has 158 valence electrons. The van der Waals surface area contributed by atoms with Gasteiger partial charge in [-0.3, -0.25) is 0 Å². The van der Waals surface area contributed by atoms with Crippen LogP contribution < -0.4 is 4.74 Å². The number of benzene rings is 5. The second-order valence-electron chi connectivity index (χ2n) is 8.75. The van der Waals surface area contributed by atoms with Crippen molar-refractivity contribution < 1.29 is 4.74 Å². The molecule has 34 heavy (non-hydrogen) atoms. The summed E-state index contributed by atoms with van der Waals surface area (Å²) in [4.78, 5) is 3.80. The van der Waals surface area contributed by atoms with Crippen LogP contribution in [0.25, 0.3) is 27.1 Å². The fourth-order valence-electron chi connectivity index (χ4n) is 5.89. The molecule has 2 heteroatoms. The first-order valence-corrected chi connectivity index (χ1v) is 11.4. The van der Waals surface area contributed by atoms with E-state index in [4.69, 9.17) is 11.3 Å². The van der Waals surface area contributed by atoms with Gasteiger partial charge in [-0.25, -0.2) is 4.85 Å². The summed E-state index contributed by atoms with van der Waals surface area (Å²) < 4.78 is 6.68. The Morgan fingerprint density at radius 1 is 0.500 bits per heavy atom. The van der Waals surface area contributed by atoms with Crippen LogP contribution in [0, 0.1) is 6.57 Å². The van der Waals surface area contributed by atoms with Gasteiger partial charge in [-0.15, -0.1) is 0 Å². The Balaban J connectivity index is 1.66. The number of ether oxygens (including phenoxy) is 1. The van der Waals surface area contributed by atoms with Crippen molar-refractivity contribution >= 4 is 5.69 Å². The lowest BCUT2D eigenvalue weighted by atomic mass is 9.65. The van der Waals surface area contributed by atoms with Gasteiger partial charge in [0.05, 0.1) is 12.0 Å². The molecule has 0 aromatic heterocycles. The lowest BCUT2D eigenvalue weighted by molar-refractivity contribution is 0.438. The molecule has 0 atom stereocenters. The van der Waals surface area contributed by atoms with Gasteiger partial charge in [0.15, 0.2) is 5.69 Å². The predicted octanol–water partition coefficient (Wildman–Crippen LogP) is 8.37. The molecule has 0 radical (unpaired) electrons. The highest BCUT2D eigenvalue weighted by Gasteiger charge is 2.51. The minimum atomic E-state index is -0.486. The highest BCUT2D eigenvalue weighted by molar-refractivity contribution is 5.91. The van der Waals surface area contributed by atoms with Crippen LogP contribution in [0.15, 0.2) is 115 Å². The zero-order valence-corrected chi connectivity index (χ0v) is 18.3. The first-order chi connectivity index (χ1) is 16.8. The number of hydrogen-bond donors (Lipinski definition) is 0. The normalized spacial score (nSPS) is 13.7. The van der Waals surface area contributed by atoms with E-state index in [1.807, 2.05) is 30.3 Å². The molecule has 0 saturated heterocycles. The van der Waals surface area contributed by atoms with Crippen LogP contribution in [-0.4, -0.2) is 0 Å². The fraction of sp³-hybridized carbons (Fsp3) is 0.0312. The molecule has 2 aliphatic rings. The molecule has 0 N–H and O–H groups in total. The minimum Gasteiger partial charge on any atom is -0.456 e. The van der Waals surface area contributed by atoms with E-state index in [-0.39, 0.29) is 0 Å². The summed E-state index contributed by atoms with van der Waals surface area (Å²) in [6, 6.07) is 39.9. The largest absolute Gasteiger partial charge is 0.456 e. The van der Waals surface area contributed by atoms with Gasteiger partial charge in [0.25, 0.3) is 0 Å². The van der Waals surface area contributed by atoms with Gasteiger partial charge in [-0.1, -0.05) is 109 Å². The van der Waals surface area contributed by atoms with E-state index in [9.17, 15) is 0 Å². The van der Waals surface area contributed by atoms with Gasteiger partial charge in [0.1, 0.15) is 11.5 Å². The third-order valence-electron chi connectivity index (χ3n) is 7.19. The number of para-hydroxylation sites is 3. The van der Waals surface area contributed by atoms with Crippen LogP contribution >= 0.6 is 0 Å². The number of fused-ring (bicyclic) bond motifs is 9. The summed E-state index contributed by atoms with van der Waals surface area (Å²) in [7, 11) is 0. The smallest absolute Gasteiger partial charge is 0.195 e. The predicted molar refractivity (Wildman–Crippen MR) is 136 cm³/mol. The molecule has 0 fully saturated rings. The van der Waals surface area contributed by atoms with E-state index in [1.54, 1.807) is 0 Å². The van der Waals surface area contributed by atoms with Crippen LogP contribution in [0.2, 0.25) is 0 Å². The molecule has 5 aromatic rings. The van der Waals surface area contributed by atoms with Gasteiger partial charge in [0.2, 0.25) is 0 Å². The molecular formula is C32H19NO. The Morgan fingerprint density at radius 3 is 1.74 bits per heavy atom. The van der Waals surface area contributed by atoms with Crippen molar-refractivity contribution in [3.63, 3.8) is 0 Å². The highest BCUT2D eigenvalue weighted by Crippen LogP contribution is 2.63. The summed E-state index contributed by atoms with van der Waals surface area (Å²) >= 11 is 0. The molecular weight excluding hydrogens is 414 g/mol. The Kier molecular flexibility index (Phi) is 3.86. The molecule has 5 aromatic carbocycles. The fourth-order valence-corrected chi connectivity index (χ4v) is 5.89. The van der Waals surface area contributed by atoms with Crippen molar-refractivity contribution in [2.45, 2.75) is 5.41 Å². The van der Waals surface area contributed by atoms with E-state index in [0.29, 0.717) is 5.69 Å². The summed E-state index contributed by atoms with van der Waals surface area (Å²) in [5.74, 6) is 1.68. The van der Waals surface area contributed by atoms with Crippen molar-refractivity contribution in [3.05, 3.63) is 149 Å². The van der Waals surface area contributed by atoms with Gasteiger partial charge >= 0.3 is 0 Å². The SMILES string of the molecule is [C-]#[N+]c1ccccc1-c1cccc2c1Oc1ccccc1C21c2ccccc2-c2ccccc21. The zero-order valence-electron chi connectivity index (χ0n) is 18.3. The van der Waals surface area contributed by atoms with Gasteiger partial charge in [-0.05, 0) is 33.9 Å². The topological polar surface area (TPSA) is 13.6 Å². The number of rotatable bonds is 1. The quantitative estimate of drug-likeness (QED) is 0.237. The maximum absolute atomic E-state index is 7.73. The average Bonchev–Trinajstić information content (AvgIpc) is 3.20. The van der Waals surface area contributed by atoms with Crippen LogP contribution in [0.4, 0.5) is 5.69 Å². The summed E-state index contributed by atoms with van der Waals surface area (Å²) in [5, 5.41) is 0. The van der Waals surface area contributed by atoms with E-state index < -0.39 is 5.41 Å². The molecule has 7 rings (SSSR count). The van der Waals surface area contributed by atoms with E-state index in [1.165, 1.54) is 22.3 Å². The first-order valence-electron chi connectivity index (χ1n) is 11.4. The summed E-state index contributed by atoms with van der Waals surface area (Å²) in [6.07, 6.45) is 0. The maximum Gasteiger partial charge on any atom is 0.195 e. The summed E-state index contributed by atoms with van der Waals surface area (Å²) in [5.41, 5.74) is 9.29. The van der Waals surface area contributed by atoms with E-state index in [2.05, 4.69) is 89.8 Å². The Bertz CT molecular complexity index is 1610. The second-order valence-corrected chi connectivity index (χ2v) is 8.75. The number of nitrogens with zero attached hydrogens (tertiary/aromatic N) is 1. The molecule has 0 bridgehead atoms. The Hall–Kier alpha value is -4.61. The molecule has 0 unspecified atom stereocenters. The molecule has 1 spiro atoms. The molecule has 1 heterocycles. The Morgan fingerprint density at radius 2 is 1.03 bits per heavy atom. The van der Waals surface area contributed by atoms with Crippen LogP contribution in [0.5, 0.6) is 11.5 Å². The van der Waals surface area contributed by atoms with E-state index in [0.717, 1.165) is 33.8 Å². The van der Waals surface area contributed by atoms with Crippen molar-refractivity contribution in [2.24, 2.45) is 0 Å². The summed E-state index contributed by atoms with van der Waals surface area (Å²) in [6.45, 7) is 7.73. The van der Waals surface area contributed by atoms with Gasteiger partial charge < -0.3 is 4.74 Å². The lowest BCUT2D eigenvalue weighted by Crippen LogP contribution is -2.32. The number of hydrogen-bond acceptors (Lipinski definition) is 1. The molecule has 1 aliphatic heterocycles. The third kappa shape index (κ3) is 2.28. The molecule has 0 saturated carbocycles. The third-order valence-corrected chi connectivity index (χ3v) is 7.19. The van der Waals surface area contributed by atoms with Crippen molar-refractivity contribution in [1.82, 2.24) is 0 Å². The van der Waals surface area contributed by atoms with Crippen molar-refractivity contribution in [3.8, 4) is 33.8 Å². The Labute approximate surface area is 198 Å². The van der Waals surface area contributed by atoms with Crippen LogP contribution in [-0.2, 0) is 5.41 Å². The van der Waals surface area contributed by atoms with Gasteiger partial charge in [0, 0.05) is 16.7 Å². The highest BCUT2D eigenvalue weighted by atomic mass is 16.5. The molecule has 0 amide bonds. The van der Waals surface area contributed by atoms with E-state index >= 15 is 0 Å². The van der Waals surface area contributed by atoms with Crippen LogP contribution in [0.3, 0.4) is 0 Å². The second kappa shape index (κ2) is 6.94. The maximum atomic E-state index is 7.73. The lowest BCUT2D eigenvalue weighted by Gasteiger charge is -2.40. The van der Waals surface area contributed by atoms with Crippen LogP contribution in [0.1, 0.15) is 22.3 Å². The van der Waals surface area contributed by atoms with Crippen molar-refractivity contribution in [2.75, 3.05) is 0 Å². The average molecular weight is 434 g/mol.